The average Bonchev–Trinajstić information content (AvgIpc) is 3.01. The van der Waals surface area contributed by atoms with Gasteiger partial charge in [-0.1, -0.05) is 71.2 Å². The summed E-state index contributed by atoms with van der Waals surface area (Å²) in [6, 6.07) is 19.3. The Bertz CT molecular complexity index is 1230. The summed E-state index contributed by atoms with van der Waals surface area (Å²) in [5.41, 5.74) is 1.79. The van der Waals surface area contributed by atoms with E-state index in [4.69, 9.17) is 34.8 Å². The molecule has 0 saturated carbocycles. The lowest BCUT2D eigenvalue weighted by Gasteiger charge is -2.46. The first kappa shape index (κ1) is 20.4. The van der Waals surface area contributed by atoms with Crippen molar-refractivity contribution in [3.8, 4) is 0 Å². The lowest BCUT2D eigenvalue weighted by Crippen LogP contribution is -2.56. The van der Waals surface area contributed by atoms with Gasteiger partial charge in [-0.25, -0.2) is 0 Å². The smallest absolute Gasteiger partial charge is 0.238 e. The van der Waals surface area contributed by atoms with E-state index in [2.05, 4.69) is 10.6 Å². The Morgan fingerprint density at radius 3 is 2.42 bits per heavy atom. The Kier molecular flexibility index (Phi) is 4.97. The summed E-state index contributed by atoms with van der Waals surface area (Å²) in [5.74, 6) is -0.820. The van der Waals surface area contributed by atoms with Crippen molar-refractivity contribution in [3.05, 3.63) is 98.5 Å². The highest BCUT2D eigenvalue weighted by molar-refractivity contribution is 6.32. The minimum Gasteiger partial charge on any atom is -0.348 e. The number of piperidine rings is 1. The van der Waals surface area contributed by atoms with Crippen molar-refractivity contribution in [2.45, 2.75) is 23.8 Å². The molecular formula is C24H17Cl3N2O2. The van der Waals surface area contributed by atoms with Gasteiger partial charge in [0.15, 0.2) is 0 Å². The second kappa shape index (κ2) is 7.56. The van der Waals surface area contributed by atoms with Gasteiger partial charge in [0.05, 0.1) is 6.04 Å². The lowest BCUT2D eigenvalue weighted by molar-refractivity contribution is -0.131. The van der Waals surface area contributed by atoms with Crippen LogP contribution in [-0.2, 0) is 15.0 Å². The van der Waals surface area contributed by atoms with E-state index >= 15 is 0 Å². The van der Waals surface area contributed by atoms with Crippen LogP contribution in [-0.4, -0.2) is 11.8 Å². The summed E-state index contributed by atoms with van der Waals surface area (Å²) in [4.78, 5) is 26.7. The van der Waals surface area contributed by atoms with Crippen LogP contribution in [0.2, 0.25) is 15.1 Å². The standard InChI is InChI=1S/C24H17Cl3N2O2/c25-14-5-3-4-13(10-14)18-12-21(30)29-22(16-6-1-2-7-19(16)27)24(18)17-9-8-15(26)11-20(17)28-23(24)31/h1-11,18,22H,12H2,(H,28,31)(H,29,30)/t18-,22-,24-/m1/s1. The van der Waals surface area contributed by atoms with E-state index in [1.54, 1.807) is 24.3 Å². The summed E-state index contributed by atoms with van der Waals surface area (Å²) in [7, 11) is 0. The Labute approximate surface area is 194 Å². The molecule has 31 heavy (non-hydrogen) atoms. The zero-order valence-electron chi connectivity index (χ0n) is 16.2. The number of nitrogens with one attached hydrogen (secondary N) is 2. The molecule has 0 bridgehead atoms. The number of fused-ring (bicyclic) bond motifs is 2. The molecule has 5 rings (SSSR count). The maximum atomic E-state index is 13.8. The van der Waals surface area contributed by atoms with Gasteiger partial charge in [0.2, 0.25) is 11.8 Å². The molecule has 3 aromatic rings. The van der Waals surface area contributed by atoms with E-state index in [0.717, 1.165) is 11.1 Å². The van der Waals surface area contributed by atoms with E-state index < -0.39 is 17.4 Å². The second-order valence-electron chi connectivity index (χ2n) is 7.85. The minimum atomic E-state index is -1.12. The van der Waals surface area contributed by atoms with Crippen LogP contribution in [0.15, 0.2) is 66.7 Å². The van der Waals surface area contributed by atoms with E-state index in [9.17, 15) is 9.59 Å². The van der Waals surface area contributed by atoms with Gasteiger partial charge in [0, 0.05) is 33.1 Å². The van der Waals surface area contributed by atoms with Crippen LogP contribution in [0.4, 0.5) is 5.69 Å². The Morgan fingerprint density at radius 1 is 0.871 bits per heavy atom. The van der Waals surface area contributed by atoms with Crippen LogP contribution in [0.1, 0.15) is 35.1 Å². The molecule has 2 aliphatic heterocycles. The normalized spacial score (nSPS) is 24.6. The Balaban J connectivity index is 1.83. The highest BCUT2D eigenvalue weighted by Gasteiger charge is 2.61. The van der Waals surface area contributed by atoms with Gasteiger partial charge in [-0.05, 0) is 47.0 Å². The summed E-state index contributed by atoms with van der Waals surface area (Å²) < 4.78 is 0. The molecule has 0 aromatic heterocycles. The first-order valence-electron chi connectivity index (χ1n) is 9.82. The fraction of sp³-hybridized carbons (Fsp3) is 0.167. The quantitative estimate of drug-likeness (QED) is 0.490. The van der Waals surface area contributed by atoms with Crippen LogP contribution >= 0.6 is 34.8 Å². The van der Waals surface area contributed by atoms with Gasteiger partial charge in [-0.15, -0.1) is 0 Å². The number of carbonyl (C=O) groups is 2. The monoisotopic (exact) mass is 470 g/mol. The van der Waals surface area contributed by atoms with Gasteiger partial charge in [-0.3, -0.25) is 9.59 Å². The van der Waals surface area contributed by atoms with Gasteiger partial charge >= 0.3 is 0 Å². The first-order chi connectivity index (χ1) is 14.9. The molecule has 0 unspecified atom stereocenters. The van der Waals surface area contributed by atoms with Crippen LogP contribution in [0.5, 0.6) is 0 Å². The summed E-state index contributed by atoms with van der Waals surface area (Å²) >= 11 is 19.1. The van der Waals surface area contributed by atoms with Crippen LogP contribution in [0.3, 0.4) is 0 Å². The maximum absolute atomic E-state index is 13.8. The Hall–Kier alpha value is -2.53. The molecule has 1 saturated heterocycles. The third-order valence-electron chi connectivity index (χ3n) is 6.22. The lowest BCUT2D eigenvalue weighted by atomic mass is 9.59. The topological polar surface area (TPSA) is 58.2 Å². The molecule has 156 valence electrons. The number of halogens is 3. The molecule has 2 amide bonds. The predicted octanol–water partition coefficient (Wildman–Crippen LogP) is 5.88. The third kappa shape index (κ3) is 3.13. The summed E-state index contributed by atoms with van der Waals surface area (Å²) in [6.07, 6.45) is 0.136. The van der Waals surface area contributed by atoms with Crippen molar-refractivity contribution in [1.82, 2.24) is 5.32 Å². The maximum Gasteiger partial charge on any atom is 0.238 e. The highest BCUT2D eigenvalue weighted by atomic mass is 35.5. The number of benzene rings is 3. The number of hydrogen-bond acceptors (Lipinski definition) is 2. The van der Waals surface area contributed by atoms with Crippen molar-refractivity contribution in [3.63, 3.8) is 0 Å². The molecule has 0 aliphatic carbocycles. The molecule has 2 heterocycles. The fourth-order valence-corrected chi connectivity index (χ4v) is 5.59. The summed E-state index contributed by atoms with van der Waals surface area (Å²) in [6.45, 7) is 0. The van der Waals surface area contributed by atoms with Gasteiger partial charge in [0.25, 0.3) is 0 Å². The van der Waals surface area contributed by atoms with E-state index in [1.807, 2.05) is 42.5 Å². The molecule has 7 heteroatoms. The predicted molar refractivity (Wildman–Crippen MR) is 123 cm³/mol. The molecule has 3 atom stereocenters. The van der Waals surface area contributed by atoms with Gasteiger partial charge in [-0.2, -0.15) is 0 Å². The molecule has 1 fully saturated rings. The zero-order chi connectivity index (χ0) is 21.8. The SMILES string of the molecule is O=C1C[C@H](c2cccc(Cl)c2)[C@@]2(C(=O)Nc3cc(Cl)ccc32)[C@@H](c2ccccc2Cl)N1. The van der Waals surface area contributed by atoms with Crippen molar-refractivity contribution in [2.24, 2.45) is 0 Å². The van der Waals surface area contributed by atoms with Crippen LogP contribution < -0.4 is 10.6 Å². The molecular weight excluding hydrogens is 455 g/mol. The largest absolute Gasteiger partial charge is 0.348 e. The summed E-state index contributed by atoms with van der Waals surface area (Å²) in [5, 5.41) is 7.60. The Morgan fingerprint density at radius 2 is 1.65 bits per heavy atom. The highest BCUT2D eigenvalue weighted by Crippen LogP contribution is 2.58. The number of anilines is 1. The van der Waals surface area contributed by atoms with Gasteiger partial charge in [0.1, 0.15) is 5.41 Å². The molecule has 3 aromatic carbocycles. The zero-order valence-corrected chi connectivity index (χ0v) is 18.4. The van der Waals surface area contributed by atoms with E-state index in [-0.39, 0.29) is 18.2 Å². The first-order valence-corrected chi connectivity index (χ1v) is 11.0. The van der Waals surface area contributed by atoms with Crippen molar-refractivity contribution < 1.29 is 9.59 Å². The van der Waals surface area contributed by atoms with Crippen LogP contribution in [0, 0.1) is 0 Å². The minimum absolute atomic E-state index is 0.136. The molecule has 1 spiro atoms. The second-order valence-corrected chi connectivity index (χ2v) is 9.13. The molecule has 0 radical (unpaired) electrons. The number of rotatable bonds is 2. The number of hydrogen-bond donors (Lipinski definition) is 2. The van der Waals surface area contributed by atoms with E-state index in [1.165, 1.54) is 0 Å². The number of carbonyl (C=O) groups excluding carboxylic acids is 2. The van der Waals surface area contributed by atoms with E-state index in [0.29, 0.717) is 26.3 Å². The molecule has 2 aliphatic rings. The van der Waals surface area contributed by atoms with Crippen LogP contribution in [0.25, 0.3) is 0 Å². The third-order valence-corrected chi connectivity index (χ3v) is 7.03. The van der Waals surface area contributed by atoms with Crippen molar-refractivity contribution in [1.29, 1.82) is 0 Å². The average molecular weight is 472 g/mol. The van der Waals surface area contributed by atoms with Crippen molar-refractivity contribution in [2.75, 3.05) is 5.32 Å². The van der Waals surface area contributed by atoms with Gasteiger partial charge < -0.3 is 10.6 Å². The number of amides is 2. The molecule has 2 N–H and O–H groups in total. The molecule has 4 nitrogen and oxygen atoms in total. The van der Waals surface area contributed by atoms with Crippen molar-refractivity contribution >= 4 is 52.3 Å². The fourth-order valence-electron chi connectivity index (χ4n) is 4.98.